The van der Waals surface area contributed by atoms with Gasteiger partial charge in [0.2, 0.25) is 17.7 Å². The van der Waals surface area contributed by atoms with E-state index in [9.17, 15) is 14.4 Å². The Labute approximate surface area is 177 Å². The number of nitrogens with one attached hydrogen (secondary N) is 2. The third-order valence-corrected chi connectivity index (χ3v) is 6.34. The van der Waals surface area contributed by atoms with Crippen molar-refractivity contribution in [3.05, 3.63) is 24.3 Å². The molecule has 7 nitrogen and oxygen atoms in total. The molecule has 3 aliphatic rings. The molecule has 29 heavy (non-hydrogen) atoms. The number of amides is 3. The van der Waals surface area contributed by atoms with Crippen molar-refractivity contribution in [3.63, 3.8) is 0 Å². The second kappa shape index (κ2) is 9.13. The lowest BCUT2D eigenvalue weighted by molar-refractivity contribution is -0.127. The minimum atomic E-state index is -0.220. The number of hydrogen-bond donors (Lipinski definition) is 3. The predicted molar refractivity (Wildman–Crippen MR) is 114 cm³/mol. The number of halogens is 1. The highest BCUT2D eigenvalue weighted by Gasteiger charge is 2.39. The first kappa shape index (κ1) is 21.6. The van der Waals surface area contributed by atoms with Gasteiger partial charge in [-0.1, -0.05) is 18.6 Å². The number of carbonyl (C=O) groups is 3. The quantitative estimate of drug-likeness (QED) is 0.694. The topological polar surface area (TPSA) is 105 Å². The Kier molecular flexibility index (Phi) is 6.80. The minimum Gasteiger partial charge on any atom is -0.353 e. The number of carbonyl (C=O) groups excluding carboxylic acids is 3. The fraction of sp³-hybridized carbons (Fsp3) is 0.571. The molecule has 3 amide bonds. The number of para-hydroxylation sites is 2. The van der Waals surface area contributed by atoms with Crippen molar-refractivity contribution in [1.82, 2.24) is 5.32 Å². The van der Waals surface area contributed by atoms with Gasteiger partial charge in [0, 0.05) is 24.9 Å². The SMILES string of the molecule is Cl.NC1CC2CCCC(C1)C2NC(=O)CCC(=O)N1CC(=O)Nc2ccccc21. The normalized spacial score (nSPS) is 27.9. The average Bonchev–Trinajstić information content (AvgIpc) is 2.66. The highest BCUT2D eigenvalue weighted by molar-refractivity contribution is 6.10. The Hall–Kier alpha value is -2.12. The molecule has 2 bridgehead atoms. The van der Waals surface area contributed by atoms with Crippen LogP contribution in [0.25, 0.3) is 0 Å². The molecule has 2 atom stereocenters. The summed E-state index contributed by atoms with van der Waals surface area (Å²) in [5.41, 5.74) is 7.47. The largest absolute Gasteiger partial charge is 0.353 e. The number of fused-ring (bicyclic) bond motifs is 3. The molecule has 8 heteroatoms. The Balaban J connectivity index is 0.00000240. The van der Waals surface area contributed by atoms with Gasteiger partial charge in [-0.2, -0.15) is 0 Å². The first-order valence-electron chi connectivity index (χ1n) is 10.3. The number of rotatable bonds is 4. The van der Waals surface area contributed by atoms with Crippen molar-refractivity contribution in [1.29, 1.82) is 0 Å². The summed E-state index contributed by atoms with van der Waals surface area (Å²) in [5.74, 6) is 0.409. The molecule has 158 valence electrons. The third kappa shape index (κ3) is 4.73. The molecule has 1 aromatic rings. The van der Waals surface area contributed by atoms with Crippen molar-refractivity contribution in [3.8, 4) is 0 Å². The molecule has 1 aliphatic heterocycles. The molecule has 2 fully saturated rings. The molecule has 2 saturated carbocycles. The van der Waals surface area contributed by atoms with E-state index in [1.807, 2.05) is 12.1 Å². The third-order valence-electron chi connectivity index (χ3n) is 6.34. The molecule has 0 radical (unpaired) electrons. The summed E-state index contributed by atoms with van der Waals surface area (Å²) in [4.78, 5) is 38.6. The average molecular weight is 421 g/mol. The molecule has 0 spiro atoms. The molecule has 0 aromatic heterocycles. The maximum absolute atomic E-state index is 12.7. The van der Waals surface area contributed by atoms with E-state index in [1.165, 1.54) is 11.3 Å². The lowest BCUT2D eigenvalue weighted by atomic mass is 9.67. The van der Waals surface area contributed by atoms with Crippen LogP contribution in [0, 0.1) is 11.8 Å². The van der Waals surface area contributed by atoms with Crippen LogP contribution >= 0.6 is 12.4 Å². The summed E-state index contributed by atoms with van der Waals surface area (Å²) in [5, 5.41) is 5.95. The molecule has 2 aliphatic carbocycles. The molecule has 4 rings (SSSR count). The minimum absolute atomic E-state index is 0. The Morgan fingerprint density at radius 2 is 1.83 bits per heavy atom. The Bertz CT molecular complexity index is 773. The molecule has 2 unspecified atom stereocenters. The van der Waals surface area contributed by atoms with Gasteiger partial charge in [-0.15, -0.1) is 12.4 Å². The highest BCUT2D eigenvalue weighted by Crippen LogP contribution is 2.39. The van der Waals surface area contributed by atoms with Gasteiger partial charge in [0.15, 0.2) is 0 Å². The monoisotopic (exact) mass is 420 g/mol. The molecular weight excluding hydrogens is 392 g/mol. The van der Waals surface area contributed by atoms with Crippen molar-refractivity contribution < 1.29 is 14.4 Å². The van der Waals surface area contributed by atoms with Crippen LogP contribution in [0.3, 0.4) is 0 Å². The van der Waals surface area contributed by atoms with E-state index in [1.54, 1.807) is 12.1 Å². The van der Waals surface area contributed by atoms with Gasteiger partial charge in [-0.25, -0.2) is 0 Å². The summed E-state index contributed by atoms with van der Waals surface area (Å²) in [7, 11) is 0. The second-order valence-corrected chi connectivity index (χ2v) is 8.32. The van der Waals surface area contributed by atoms with Gasteiger partial charge in [0.1, 0.15) is 6.54 Å². The molecule has 1 aromatic carbocycles. The summed E-state index contributed by atoms with van der Waals surface area (Å²) in [6.45, 7) is -0.0118. The van der Waals surface area contributed by atoms with E-state index in [2.05, 4.69) is 10.6 Å². The van der Waals surface area contributed by atoms with Gasteiger partial charge in [-0.3, -0.25) is 14.4 Å². The van der Waals surface area contributed by atoms with E-state index >= 15 is 0 Å². The standard InChI is InChI=1S/C21H28N4O3.ClH/c22-15-10-13-4-3-5-14(11-15)21(13)24-18(26)8-9-20(28)25-12-19(27)23-16-6-1-2-7-17(16)25;/h1-2,6-7,13-15,21H,3-5,8-12,22H2,(H,23,27)(H,24,26);1H. The van der Waals surface area contributed by atoms with Crippen molar-refractivity contribution in [2.45, 2.75) is 57.0 Å². The molecule has 1 heterocycles. The van der Waals surface area contributed by atoms with Gasteiger partial charge >= 0.3 is 0 Å². The predicted octanol–water partition coefficient (Wildman–Crippen LogP) is 2.20. The zero-order valence-electron chi connectivity index (χ0n) is 16.4. The first-order chi connectivity index (χ1) is 13.5. The summed E-state index contributed by atoms with van der Waals surface area (Å²) in [6, 6.07) is 7.65. The van der Waals surface area contributed by atoms with Crippen LogP contribution in [0.1, 0.15) is 44.9 Å². The highest BCUT2D eigenvalue weighted by atomic mass is 35.5. The van der Waals surface area contributed by atoms with Crippen LogP contribution in [0.2, 0.25) is 0 Å². The fourth-order valence-corrected chi connectivity index (χ4v) is 5.09. The lowest BCUT2D eigenvalue weighted by Gasteiger charge is -2.45. The van der Waals surface area contributed by atoms with Crippen molar-refractivity contribution in [2.24, 2.45) is 17.6 Å². The van der Waals surface area contributed by atoms with E-state index in [0.29, 0.717) is 23.2 Å². The smallest absolute Gasteiger partial charge is 0.244 e. The Morgan fingerprint density at radius 1 is 1.14 bits per heavy atom. The lowest BCUT2D eigenvalue weighted by Crippen LogP contribution is -2.53. The van der Waals surface area contributed by atoms with Crippen LogP contribution < -0.4 is 21.3 Å². The number of benzene rings is 1. The second-order valence-electron chi connectivity index (χ2n) is 8.32. The number of anilines is 2. The summed E-state index contributed by atoms with van der Waals surface area (Å²) in [6.07, 6.45) is 5.63. The number of nitrogens with two attached hydrogens (primary N) is 1. The molecule has 0 saturated heterocycles. The first-order valence-corrected chi connectivity index (χ1v) is 10.3. The van der Waals surface area contributed by atoms with Crippen molar-refractivity contribution in [2.75, 3.05) is 16.8 Å². The maximum atomic E-state index is 12.7. The zero-order valence-corrected chi connectivity index (χ0v) is 17.2. The zero-order chi connectivity index (χ0) is 19.7. The fourth-order valence-electron chi connectivity index (χ4n) is 5.09. The van der Waals surface area contributed by atoms with E-state index in [4.69, 9.17) is 5.73 Å². The van der Waals surface area contributed by atoms with Crippen LogP contribution in [-0.4, -0.2) is 36.3 Å². The summed E-state index contributed by atoms with van der Waals surface area (Å²) >= 11 is 0. The van der Waals surface area contributed by atoms with Gasteiger partial charge in [0.25, 0.3) is 0 Å². The number of nitrogens with zero attached hydrogens (tertiary/aromatic N) is 1. The maximum Gasteiger partial charge on any atom is 0.244 e. The van der Waals surface area contributed by atoms with E-state index in [-0.39, 0.29) is 61.6 Å². The Morgan fingerprint density at radius 3 is 2.55 bits per heavy atom. The van der Waals surface area contributed by atoms with Crippen LogP contribution in [0.4, 0.5) is 11.4 Å². The van der Waals surface area contributed by atoms with Crippen LogP contribution in [-0.2, 0) is 14.4 Å². The van der Waals surface area contributed by atoms with E-state index < -0.39 is 0 Å². The van der Waals surface area contributed by atoms with Gasteiger partial charge in [0.05, 0.1) is 11.4 Å². The molecular formula is C21H29ClN4O3. The number of hydrogen-bond acceptors (Lipinski definition) is 4. The molecule has 4 N–H and O–H groups in total. The summed E-state index contributed by atoms with van der Waals surface area (Å²) < 4.78 is 0. The van der Waals surface area contributed by atoms with Crippen molar-refractivity contribution >= 4 is 41.5 Å². The van der Waals surface area contributed by atoms with Gasteiger partial charge < -0.3 is 21.3 Å². The van der Waals surface area contributed by atoms with Crippen LogP contribution in [0.5, 0.6) is 0 Å². The van der Waals surface area contributed by atoms with E-state index in [0.717, 1.165) is 25.7 Å². The van der Waals surface area contributed by atoms with Crippen LogP contribution in [0.15, 0.2) is 24.3 Å². The van der Waals surface area contributed by atoms with Gasteiger partial charge in [-0.05, 0) is 49.7 Å².